The van der Waals surface area contributed by atoms with Gasteiger partial charge in [-0.25, -0.2) is 9.59 Å². The third kappa shape index (κ3) is 12.8. The molecule has 0 saturated heterocycles. The highest BCUT2D eigenvalue weighted by Crippen LogP contribution is 2.44. The molecule has 3 aromatic carbocycles. The van der Waals surface area contributed by atoms with Gasteiger partial charge in [0, 0.05) is 36.0 Å². The number of carbonyl (C=O) groups excluding carboxylic acids is 5. The number of carbonyl (C=O) groups is 6. The zero-order valence-electron chi connectivity index (χ0n) is 36.2. The summed E-state index contributed by atoms with van der Waals surface area (Å²) in [4.78, 5) is 88.2. The summed E-state index contributed by atoms with van der Waals surface area (Å²) in [6, 6.07) is 17.6. The number of para-hydroxylation sites is 1. The van der Waals surface area contributed by atoms with Crippen LogP contribution in [-0.2, 0) is 39.9 Å². The molecular formula is C46H58N8O9. The summed E-state index contributed by atoms with van der Waals surface area (Å²) in [6.07, 6.45) is 0.509. The molecule has 17 nitrogen and oxygen atoms in total. The monoisotopic (exact) mass is 866 g/mol. The molecule has 10 N–H and O–H groups in total. The molecule has 63 heavy (non-hydrogen) atoms. The van der Waals surface area contributed by atoms with Crippen LogP contribution in [0.1, 0.15) is 82.9 Å². The number of hydrogen-bond donors (Lipinski definition) is 8. The van der Waals surface area contributed by atoms with Gasteiger partial charge in [0.2, 0.25) is 17.7 Å². The van der Waals surface area contributed by atoms with Crippen molar-refractivity contribution in [1.29, 1.82) is 0 Å². The van der Waals surface area contributed by atoms with Crippen molar-refractivity contribution in [2.45, 2.75) is 102 Å². The molecule has 0 bridgehead atoms. The maximum Gasteiger partial charge on any atom is 0.407 e. The molecule has 5 rings (SSSR count). The van der Waals surface area contributed by atoms with E-state index in [2.05, 4.69) is 31.2 Å². The van der Waals surface area contributed by atoms with Crippen molar-refractivity contribution in [3.05, 3.63) is 95.7 Å². The van der Waals surface area contributed by atoms with E-state index in [4.69, 9.17) is 20.9 Å². The third-order valence-corrected chi connectivity index (χ3v) is 10.8. The number of benzene rings is 3. The number of fused-ring (bicyclic) bond motifs is 4. The SMILES string of the molecule is CC[C@H](C)[C@H](NC(=O)[C@H](CCCN=C(N)N)NC(=O)[C@H](CC(=O)O)NC(=O)[C@H](Cc1c[nH]c2ccccc12)NC(=O)OCC1c2ccccc2-c2ccccc21)C(=O)OC(C)(C)C. The lowest BCUT2D eigenvalue weighted by Crippen LogP contribution is -2.59. The van der Waals surface area contributed by atoms with Crippen LogP contribution in [-0.4, -0.2) is 94.7 Å². The molecule has 1 aromatic heterocycles. The topological polar surface area (TPSA) is 269 Å². The van der Waals surface area contributed by atoms with Crippen LogP contribution >= 0.6 is 0 Å². The van der Waals surface area contributed by atoms with Crippen molar-refractivity contribution in [2.24, 2.45) is 22.4 Å². The second kappa shape index (κ2) is 21.3. The second-order valence-electron chi connectivity index (χ2n) is 16.7. The van der Waals surface area contributed by atoms with Crippen molar-refractivity contribution in [3.63, 3.8) is 0 Å². The fraction of sp³-hybridized carbons (Fsp3) is 0.413. The minimum Gasteiger partial charge on any atom is -0.481 e. The van der Waals surface area contributed by atoms with Gasteiger partial charge in [-0.1, -0.05) is 87.0 Å². The van der Waals surface area contributed by atoms with Crippen LogP contribution in [0, 0.1) is 5.92 Å². The number of rotatable bonds is 20. The molecule has 17 heteroatoms. The highest BCUT2D eigenvalue weighted by atomic mass is 16.6. The Morgan fingerprint density at radius 3 is 2.02 bits per heavy atom. The number of nitrogens with zero attached hydrogens (tertiary/aromatic N) is 1. The Labute approximate surface area is 366 Å². The molecule has 4 aromatic rings. The first kappa shape index (κ1) is 47.1. The molecule has 1 aliphatic rings. The van der Waals surface area contributed by atoms with Crippen LogP contribution in [0.5, 0.6) is 0 Å². The highest BCUT2D eigenvalue weighted by molar-refractivity contribution is 5.97. The largest absolute Gasteiger partial charge is 0.481 e. The summed E-state index contributed by atoms with van der Waals surface area (Å²) >= 11 is 0. The first-order chi connectivity index (χ1) is 29.9. The van der Waals surface area contributed by atoms with Gasteiger partial charge >= 0.3 is 18.0 Å². The van der Waals surface area contributed by atoms with Gasteiger partial charge in [0.1, 0.15) is 36.4 Å². The smallest absolute Gasteiger partial charge is 0.407 e. The molecule has 0 unspecified atom stereocenters. The molecule has 0 saturated carbocycles. The van der Waals surface area contributed by atoms with E-state index in [1.807, 2.05) is 79.7 Å². The van der Waals surface area contributed by atoms with Gasteiger partial charge in [-0.3, -0.25) is 24.2 Å². The molecule has 0 fully saturated rings. The summed E-state index contributed by atoms with van der Waals surface area (Å²) < 4.78 is 11.3. The zero-order chi connectivity index (χ0) is 45.8. The van der Waals surface area contributed by atoms with E-state index in [9.17, 15) is 33.9 Å². The lowest BCUT2D eigenvalue weighted by molar-refractivity contribution is -0.160. The Morgan fingerprint density at radius 2 is 1.40 bits per heavy atom. The Kier molecular flexibility index (Phi) is 15.9. The van der Waals surface area contributed by atoms with Crippen molar-refractivity contribution >= 4 is 52.6 Å². The molecular weight excluding hydrogens is 809 g/mol. The Morgan fingerprint density at radius 1 is 0.810 bits per heavy atom. The lowest BCUT2D eigenvalue weighted by Gasteiger charge is -2.29. The van der Waals surface area contributed by atoms with Crippen molar-refractivity contribution in [2.75, 3.05) is 13.2 Å². The molecule has 1 heterocycles. The van der Waals surface area contributed by atoms with Crippen LogP contribution in [0.2, 0.25) is 0 Å². The van der Waals surface area contributed by atoms with Gasteiger partial charge in [-0.15, -0.1) is 0 Å². The minimum atomic E-state index is -1.71. The molecule has 4 amide bonds. The van der Waals surface area contributed by atoms with Crippen LogP contribution in [0.3, 0.4) is 0 Å². The summed E-state index contributed by atoms with van der Waals surface area (Å²) in [5.41, 5.74) is 15.6. The number of aromatic nitrogens is 1. The van der Waals surface area contributed by atoms with E-state index in [1.165, 1.54) is 0 Å². The number of aliphatic carboxylic acids is 1. The van der Waals surface area contributed by atoms with Crippen molar-refractivity contribution < 1.29 is 43.3 Å². The predicted molar refractivity (Wildman–Crippen MR) is 237 cm³/mol. The van der Waals surface area contributed by atoms with E-state index >= 15 is 0 Å². The Bertz CT molecular complexity index is 2270. The standard InChI is InChI=1S/C46H58N8O9/c1-6-26(2)39(43(60)63-46(3,4)5)54-40(57)35(20-13-21-49-44(47)48)51-42(59)37(23-38(55)56)52-41(58)36(22-27-24-50-34-19-12-11-14-28(27)34)53-45(61)62-25-33-31-17-9-7-15-29(31)30-16-8-10-18-32(30)33/h7-12,14-19,24,26,33,35-37,39,50H,6,13,20-23,25H2,1-5H3,(H,51,59)(H,52,58)(H,53,61)(H,54,57)(H,55,56)(H4,47,48,49)/t26-,35-,36-,37-,39-/m0/s1. The zero-order valence-corrected chi connectivity index (χ0v) is 36.2. The van der Waals surface area contributed by atoms with Gasteiger partial charge in [0.05, 0.1) is 6.42 Å². The number of alkyl carbamates (subject to hydrolysis) is 1. The average molecular weight is 867 g/mol. The summed E-state index contributed by atoms with van der Waals surface area (Å²) in [5.74, 6) is -5.54. The first-order valence-electron chi connectivity index (χ1n) is 21.0. The van der Waals surface area contributed by atoms with Gasteiger partial charge in [-0.2, -0.15) is 0 Å². The number of H-pyrrole nitrogens is 1. The number of nitrogens with one attached hydrogen (secondary N) is 5. The predicted octanol–water partition coefficient (Wildman–Crippen LogP) is 3.99. The number of aliphatic imine (C=N–C) groups is 1. The molecule has 0 aliphatic heterocycles. The lowest BCUT2D eigenvalue weighted by atomic mass is 9.98. The number of hydrogen-bond acceptors (Lipinski definition) is 9. The van der Waals surface area contributed by atoms with E-state index in [0.717, 1.165) is 33.2 Å². The fourth-order valence-electron chi connectivity index (χ4n) is 7.50. The quantitative estimate of drug-likeness (QED) is 0.0272. The number of esters is 1. The fourth-order valence-corrected chi connectivity index (χ4v) is 7.50. The van der Waals surface area contributed by atoms with Gasteiger partial charge in [-0.05, 0) is 73.4 Å². The van der Waals surface area contributed by atoms with Crippen molar-refractivity contribution in [3.8, 4) is 11.1 Å². The maximum absolute atomic E-state index is 14.2. The van der Waals surface area contributed by atoms with Gasteiger partial charge < -0.3 is 52.3 Å². The third-order valence-electron chi connectivity index (χ3n) is 10.8. The van der Waals surface area contributed by atoms with Crippen LogP contribution in [0.15, 0.2) is 84.0 Å². The molecule has 1 aliphatic carbocycles. The molecule has 336 valence electrons. The van der Waals surface area contributed by atoms with Crippen LogP contribution < -0.4 is 32.7 Å². The van der Waals surface area contributed by atoms with E-state index in [-0.39, 0.29) is 50.2 Å². The Hall–Kier alpha value is -6.91. The summed E-state index contributed by atoms with van der Waals surface area (Å²) in [6.45, 7) is 8.75. The normalized spacial score (nSPS) is 14.4. The Balaban J connectivity index is 1.36. The average Bonchev–Trinajstić information content (AvgIpc) is 3.79. The summed E-state index contributed by atoms with van der Waals surface area (Å²) in [7, 11) is 0. The number of amides is 4. The number of carboxylic acids is 1. The number of carboxylic acid groups (broad SMARTS) is 1. The number of ether oxygens (including phenoxy) is 2. The van der Waals surface area contributed by atoms with Gasteiger partial charge in [0.15, 0.2) is 5.96 Å². The van der Waals surface area contributed by atoms with Crippen LogP contribution in [0.4, 0.5) is 4.79 Å². The van der Waals surface area contributed by atoms with E-state index < -0.39 is 71.9 Å². The van der Waals surface area contributed by atoms with E-state index in [1.54, 1.807) is 33.9 Å². The highest BCUT2D eigenvalue weighted by Gasteiger charge is 2.36. The van der Waals surface area contributed by atoms with E-state index in [0.29, 0.717) is 12.0 Å². The number of nitrogens with two attached hydrogens (primary N) is 2. The van der Waals surface area contributed by atoms with Crippen LogP contribution in [0.25, 0.3) is 22.0 Å². The van der Waals surface area contributed by atoms with Gasteiger partial charge in [0.25, 0.3) is 0 Å². The molecule has 5 atom stereocenters. The minimum absolute atomic E-state index is 0.0316. The number of guanidine groups is 1. The van der Waals surface area contributed by atoms with Crippen molar-refractivity contribution in [1.82, 2.24) is 26.3 Å². The second-order valence-corrected chi connectivity index (χ2v) is 16.7. The maximum atomic E-state index is 14.2. The molecule has 0 spiro atoms. The first-order valence-corrected chi connectivity index (χ1v) is 21.0. The molecule has 0 radical (unpaired) electrons. The number of aromatic amines is 1. The summed E-state index contributed by atoms with van der Waals surface area (Å²) in [5, 5.41) is 21.1.